The first kappa shape index (κ1) is 18.8. The Bertz CT molecular complexity index is 882. The summed E-state index contributed by atoms with van der Waals surface area (Å²) in [6.45, 7) is 8.74. The normalized spacial score (nSPS) is 20.7. The van der Waals surface area contributed by atoms with Crippen LogP contribution in [0.5, 0.6) is 0 Å². The van der Waals surface area contributed by atoms with Crippen LogP contribution in [-0.4, -0.2) is 47.8 Å². The van der Waals surface area contributed by atoms with Gasteiger partial charge in [0.15, 0.2) is 11.7 Å². The van der Waals surface area contributed by atoms with Gasteiger partial charge < -0.3 is 14.4 Å². The number of hydrogen-bond donors (Lipinski definition) is 0. The Balaban J connectivity index is 2.09. The molecule has 1 aromatic carbocycles. The molecule has 1 fully saturated rings. The third-order valence-corrected chi connectivity index (χ3v) is 4.28. The summed E-state index contributed by atoms with van der Waals surface area (Å²) in [5.74, 6) is -1.29. The van der Waals surface area contributed by atoms with E-state index in [9.17, 15) is 10.1 Å². The minimum atomic E-state index is -1.16. The predicted octanol–water partition coefficient (Wildman–Crippen LogP) is 2.58. The van der Waals surface area contributed by atoms with E-state index in [-0.39, 0.29) is 18.8 Å². The third kappa shape index (κ3) is 4.07. The van der Waals surface area contributed by atoms with Crippen molar-refractivity contribution in [2.45, 2.75) is 32.0 Å². The van der Waals surface area contributed by atoms with Crippen LogP contribution in [0.2, 0.25) is 0 Å². The lowest BCUT2D eigenvalue weighted by Crippen LogP contribution is -2.46. The molecule has 0 radical (unpaired) electrons. The Morgan fingerprint density at radius 3 is 2.59 bits per heavy atom. The Morgan fingerprint density at radius 1 is 1.37 bits per heavy atom. The van der Waals surface area contributed by atoms with E-state index < -0.39 is 11.9 Å². The predicted molar refractivity (Wildman–Crippen MR) is 101 cm³/mol. The van der Waals surface area contributed by atoms with Crippen LogP contribution in [0.3, 0.4) is 0 Å². The number of para-hydroxylation sites is 2. The number of rotatable bonds is 5. The molecule has 0 aliphatic carbocycles. The summed E-state index contributed by atoms with van der Waals surface area (Å²) in [5.41, 5.74) is 1.65. The summed E-state index contributed by atoms with van der Waals surface area (Å²) in [7, 11) is 0. The number of carbonyl (C=O) groups excluding carboxylic acids is 1. The number of benzene rings is 1. The minimum absolute atomic E-state index is 0.00289. The molecule has 0 unspecified atom stereocenters. The maximum atomic E-state index is 12.4. The lowest BCUT2D eigenvalue weighted by molar-refractivity contribution is -0.142. The number of aromatic nitrogens is 2. The SMILES string of the molecule is C=CCOC(=O)[C@H](C#N)c1nc2ccccc2nc1N1C[C@@H](C)O[C@@H](C)C1. The molecular formula is C20H22N4O3. The number of anilines is 1. The third-order valence-electron chi connectivity index (χ3n) is 4.28. The zero-order chi connectivity index (χ0) is 19.4. The lowest BCUT2D eigenvalue weighted by Gasteiger charge is -2.37. The number of morpholine rings is 1. The minimum Gasteiger partial charge on any atom is -0.460 e. The lowest BCUT2D eigenvalue weighted by atomic mass is 10.1. The van der Waals surface area contributed by atoms with Gasteiger partial charge in [0, 0.05) is 13.1 Å². The molecule has 1 aliphatic rings. The van der Waals surface area contributed by atoms with Crippen LogP contribution in [0.4, 0.5) is 5.82 Å². The number of fused-ring (bicyclic) bond motifs is 1. The molecule has 3 atom stereocenters. The van der Waals surface area contributed by atoms with Gasteiger partial charge in [-0.15, -0.1) is 0 Å². The largest absolute Gasteiger partial charge is 0.460 e. The van der Waals surface area contributed by atoms with Crippen LogP contribution < -0.4 is 4.90 Å². The molecule has 1 aromatic heterocycles. The molecule has 140 valence electrons. The van der Waals surface area contributed by atoms with Crippen LogP contribution in [0.1, 0.15) is 25.5 Å². The molecule has 0 amide bonds. The van der Waals surface area contributed by atoms with Gasteiger partial charge in [0.2, 0.25) is 0 Å². The molecule has 0 saturated carbocycles. The first-order chi connectivity index (χ1) is 13.0. The van der Waals surface area contributed by atoms with Gasteiger partial charge in [-0.1, -0.05) is 24.8 Å². The van der Waals surface area contributed by atoms with E-state index in [2.05, 4.69) is 11.6 Å². The molecular weight excluding hydrogens is 344 g/mol. The molecule has 0 bridgehead atoms. The van der Waals surface area contributed by atoms with E-state index in [0.29, 0.717) is 35.6 Å². The zero-order valence-corrected chi connectivity index (χ0v) is 15.5. The van der Waals surface area contributed by atoms with Crippen molar-refractivity contribution in [3.63, 3.8) is 0 Å². The molecule has 7 heteroatoms. The first-order valence-corrected chi connectivity index (χ1v) is 8.87. The van der Waals surface area contributed by atoms with Crippen molar-refractivity contribution in [1.29, 1.82) is 5.26 Å². The molecule has 7 nitrogen and oxygen atoms in total. The number of carbonyl (C=O) groups is 1. The summed E-state index contributed by atoms with van der Waals surface area (Å²) < 4.78 is 10.9. The highest BCUT2D eigenvalue weighted by atomic mass is 16.5. The molecule has 1 saturated heterocycles. The molecule has 3 rings (SSSR count). The van der Waals surface area contributed by atoms with E-state index in [1.807, 2.05) is 49.1 Å². The Labute approximate surface area is 158 Å². The smallest absolute Gasteiger partial charge is 0.330 e. The molecule has 0 spiro atoms. The maximum absolute atomic E-state index is 12.4. The zero-order valence-electron chi connectivity index (χ0n) is 15.5. The molecule has 2 heterocycles. The number of nitriles is 1. The van der Waals surface area contributed by atoms with Crippen molar-refractivity contribution in [2.75, 3.05) is 24.6 Å². The molecule has 1 aliphatic heterocycles. The van der Waals surface area contributed by atoms with Crippen molar-refractivity contribution < 1.29 is 14.3 Å². The number of esters is 1. The Hall–Kier alpha value is -2.98. The maximum Gasteiger partial charge on any atom is 0.330 e. The standard InChI is InChI=1S/C20H22N4O3/c1-4-9-26-20(25)15(10-21)18-19(24-11-13(2)27-14(3)12-24)23-17-8-6-5-7-16(17)22-18/h4-8,13-15H,1,9,11-12H2,2-3H3/t13-,14+,15-/m1/s1. The number of nitrogens with zero attached hydrogens (tertiary/aromatic N) is 4. The fourth-order valence-corrected chi connectivity index (χ4v) is 3.23. The average Bonchev–Trinajstić information content (AvgIpc) is 2.65. The van der Waals surface area contributed by atoms with E-state index in [0.717, 1.165) is 0 Å². The highest BCUT2D eigenvalue weighted by molar-refractivity contribution is 5.85. The second-order valence-corrected chi connectivity index (χ2v) is 6.56. The van der Waals surface area contributed by atoms with Crippen molar-refractivity contribution in [2.24, 2.45) is 0 Å². The Morgan fingerprint density at radius 2 is 2.00 bits per heavy atom. The van der Waals surface area contributed by atoms with E-state index >= 15 is 0 Å². The summed E-state index contributed by atoms with van der Waals surface area (Å²) in [6, 6.07) is 9.42. The van der Waals surface area contributed by atoms with Gasteiger partial charge in [0.05, 0.1) is 29.3 Å². The summed E-state index contributed by atoms with van der Waals surface area (Å²) >= 11 is 0. The van der Waals surface area contributed by atoms with Crippen LogP contribution >= 0.6 is 0 Å². The highest BCUT2D eigenvalue weighted by Crippen LogP contribution is 2.29. The van der Waals surface area contributed by atoms with E-state index in [4.69, 9.17) is 14.5 Å². The van der Waals surface area contributed by atoms with Crippen molar-refractivity contribution >= 4 is 22.8 Å². The van der Waals surface area contributed by atoms with Crippen LogP contribution in [0, 0.1) is 11.3 Å². The van der Waals surface area contributed by atoms with Gasteiger partial charge in [0.1, 0.15) is 12.3 Å². The van der Waals surface area contributed by atoms with Gasteiger partial charge in [-0.25, -0.2) is 9.97 Å². The number of ether oxygens (including phenoxy) is 2. The molecule has 2 aromatic rings. The highest BCUT2D eigenvalue weighted by Gasteiger charge is 2.32. The van der Waals surface area contributed by atoms with Crippen LogP contribution in [0.25, 0.3) is 11.0 Å². The second kappa shape index (κ2) is 8.14. The quantitative estimate of drug-likeness (QED) is 0.593. The van der Waals surface area contributed by atoms with Crippen LogP contribution in [-0.2, 0) is 14.3 Å². The van der Waals surface area contributed by atoms with Crippen LogP contribution in [0.15, 0.2) is 36.9 Å². The summed E-state index contributed by atoms with van der Waals surface area (Å²) in [5, 5.41) is 9.66. The average molecular weight is 366 g/mol. The molecule has 0 N–H and O–H groups in total. The monoisotopic (exact) mass is 366 g/mol. The summed E-state index contributed by atoms with van der Waals surface area (Å²) in [6.07, 6.45) is 1.47. The van der Waals surface area contributed by atoms with Gasteiger partial charge in [-0.2, -0.15) is 5.26 Å². The molecule has 27 heavy (non-hydrogen) atoms. The van der Waals surface area contributed by atoms with Crippen molar-refractivity contribution in [3.8, 4) is 6.07 Å². The van der Waals surface area contributed by atoms with E-state index in [1.165, 1.54) is 6.08 Å². The second-order valence-electron chi connectivity index (χ2n) is 6.56. The Kier molecular flexibility index (Phi) is 5.67. The van der Waals surface area contributed by atoms with Crippen molar-refractivity contribution in [3.05, 3.63) is 42.6 Å². The van der Waals surface area contributed by atoms with E-state index in [1.54, 1.807) is 0 Å². The van der Waals surface area contributed by atoms with Gasteiger partial charge in [-0.05, 0) is 26.0 Å². The van der Waals surface area contributed by atoms with Gasteiger partial charge >= 0.3 is 5.97 Å². The fourth-order valence-electron chi connectivity index (χ4n) is 3.23. The van der Waals surface area contributed by atoms with Gasteiger partial charge in [-0.3, -0.25) is 4.79 Å². The fraction of sp³-hybridized carbons (Fsp3) is 0.400. The number of hydrogen-bond acceptors (Lipinski definition) is 7. The summed E-state index contributed by atoms with van der Waals surface area (Å²) in [4.78, 5) is 23.8. The first-order valence-electron chi connectivity index (χ1n) is 8.87. The van der Waals surface area contributed by atoms with Crippen molar-refractivity contribution in [1.82, 2.24) is 9.97 Å². The topological polar surface area (TPSA) is 88.3 Å². The van der Waals surface area contributed by atoms with Gasteiger partial charge in [0.25, 0.3) is 0 Å².